The molecule has 1 N–H and O–H groups in total. The Hall–Kier alpha value is -1.53. The van der Waals surface area contributed by atoms with E-state index >= 15 is 0 Å². The number of thiol groups is 1. The van der Waals surface area contributed by atoms with Crippen molar-refractivity contribution in [2.24, 2.45) is 0 Å². The van der Waals surface area contributed by atoms with Crippen molar-refractivity contribution < 1.29 is 14.3 Å². The topological polar surface area (TPSA) is 58.6 Å². The number of nitrogens with zero attached hydrogens (tertiary/aromatic N) is 1. The molecule has 1 unspecified atom stereocenters. The Bertz CT molecular complexity index is 542. The van der Waals surface area contributed by atoms with Gasteiger partial charge < -0.3 is 15.0 Å². The molecular weight excluding hydrogens is 288 g/mol. The Morgan fingerprint density at radius 3 is 2.62 bits per heavy atom. The second kappa shape index (κ2) is 6.07. The third-order valence-corrected chi connectivity index (χ3v) is 4.03. The summed E-state index contributed by atoms with van der Waals surface area (Å²) in [5.74, 6) is -0.251. The SMILES string of the molecule is O=C(NC1CC1)C1COCCN1C(=O)c1ccc(S)cc1. The van der Waals surface area contributed by atoms with E-state index in [0.29, 0.717) is 18.7 Å². The third kappa shape index (κ3) is 3.39. The van der Waals surface area contributed by atoms with E-state index < -0.39 is 6.04 Å². The average molecular weight is 306 g/mol. The maximum Gasteiger partial charge on any atom is 0.254 e. The van der Waals surface area contributed by atoms with E-state index in [1.807, 2.05) is 0 Å². The summed E-state index contributed by atoms with van der Waals surface area (Å²) >= 11 is 4.21. The van der Waals surface area contributed by atoms with Crippen molar-refractivity contribution in [1.29, 1.82) is 0 Å². The summed E-state index contributed by atoms with van der Waals surface area (Å²) in [4.78, 5) is 27.3. The number of carbonyl (C=O) groups is 2. The molecule has 1 aromatic rings. The van der Waals surface area contributed by atoms with Gasteiger partial charge in [-0.2, -0.15) is 0 Å². The first-order chi connectivity index (χ1) is 10.1. The molecule has 1 aliphatic carbocycles. The van der Waals surface area contributed by atoms with Crippen LogP contribution in [0.5, 0.6) is 0 Å². The second-order valence-corrected chi connectivity index (χ2v) is 5.94. The summed E-state index contributed by atoms with van der Waals surface area (Å²) in [5, 5.41) is 2.94. The van der Waals surface area contributed by atoms with Crippen molar-refractivity contribution in [2.45, 2.75) is 29.8 Å². The van der Waals surface area contributed by atoms with Crippen molar-refractivity contribution in [3.8, 4) is 0 Å². The number of ether oxygens (including phenoxy) is 1. The minimum atomic E-state index is -0.539. The van der Waals surface area contributed by atoms with Gasteiger partial charge in [-0.3, -0.25) is 9.59 Å². The highest BCUT2D eigenvalue weighted by atomic mass is 32.1. The molecular formula is C15H18N2O3S. The zero-order valence-corrected chi connectivity index (χ0v) is 12.5. The van der Waals surface area contributed by atoms with Crippen molar-refractivity contribution in [3.63, 3.8) is 0 Å². The van der Waals surface area contributed by atoms with E-state index in [2.05, 4.69) is 17.9 Å². The molecule has 1 heterocycles. The van der Waals surface area contributed by atoms with Gasteiger partial charge in [-0.25, -0.2) is 0 Å². The molecule has 0 aromatic heterocycles. The molecule has 2 fully saturated rings. The molecule has 1 saturated heterocycles. The van der Waals surface area contributed by atoms with Crippen molar-refractivity contribution in [2.75, 3.05) is 19.8 Å². The lowest BCUT2D eigenvalue weighted by atomic mass is 10.1. The van der Waals surface area contributed by atoms with Crippen LogP contribution in [0.15, 0.2) is 29.2 Å². The second-order valence-electron chi connectivity index (χ2n) is 5.42. The van der Waals surface area contributed by atoms with E-state index in [-0.39, 0.29) is 24.5 Å². The molecule has 21 heavy (non-hydrogen) atoms. The highest BCUT2D eigenvalue weighted by Crippen LogP contribution is 2.20. The van der Waals surface area contributed by atoms with Crippen LogP contribution in [0.25, 0.3) is 0 Å². The van der Waals surface area contributed by atoms with Crippen LogP contribution in [0.2, 0.25) is 0 Å². The van der Waals surface area contributed by atoms with Crippen LogP contribution < -0.4 is 5.32 Å². The Morgan fingerprint density at radius 1 is 1.24 bits per heavy atom. The fourth-order valence-electron chi connectivity index (χ4n) is 2.36. The molecule has 1 aromatic carbocycles. The molecule has 2 amide bonds. The minimum absolute atomic E-state index is 0.114. The Kier molecular flexibility index (Phi) is 4.17. The van der Waals surface area contributed by atoms with Crippen molar-refractivity contribution >= 4 is 24.4 Å². The molecule has 2 aliphatic rings. The number of benzene rings is 1. The largest absolute Gasteiger partial charge is 0.377 e. The lowest BCUT2D eigenvalue weighted by molar-refractivity contribution is -0.130. The number of rotatable bonds is 3. The predicted octanol–water partition coefficient (Wildman–Crippen LogP) is 1.09. The van der Waals surface area contributed by atoms with Gasteiger partial charge in [0.2, 0.25) is 5.91 Å². The van der Waals surface area contributed by atoms with E-state index in [1.165, 1.54) is 0 Å². The summed E-state index contributed by atoms with van der Waals surface area (Å²) in [7, 11) is 0. The molecule has 6 heteroatoms. The Balaban J connectivity index is 1.74. The summed E-state index contributed by atoms with van der Waals surface area (Å²) in [6.07, 6.45) is 2.05. The monoisotopic (exact) mass is 306 g/mol. The maximum atomic E-state index is 12.6. The lowest BCUT2D eigenvalue weighted by Crippen LogP contribution is -2.56. The summed E-state index contributed by atoms with van der Waals surface area (Å²) in [6, 6.07) is 6.75. The van der Waals surface area contributed by atoms with Crippen molar-refractivity contribution in [3.05, 3.63) is 29.8 Å². The van der Waals surface area contributed by atoms with Gasteiger partial charge in [-0.15, -0.1) is 12.6 Å². The van der Waals surface area contributed by atoms with E-state index in [9.17, 15) is 9.59 Å². The molecule has 0 bridgehead atoms. The first-order valence-electron chi connectivity index (χ1n) is 7.13. The first kappa shape index (κ1) is 14.4. The van der Waals surface area contributed by atoms with Gasteiger partial charge >= 0.3 is 0 Å². The number of morpholine rings is 1. The van der Waals surface area contributed by atoms with Crippen LogP contribution >= 0.6 is 12.6 Å². The molecule has 3 rings (SSSR count). The van der Waals surface area contributed by atoms with Crippen LogP contribution in [0.3, 0.4) is 0 Å². The van der Waals surface area contributed by atoms with E-state index in [1.54, 1.807) is 29.2 Å². The summed E-state index contributed by atoms with van der Waals surface area (Å²) < 4.78 is 5.37. The summed E-state index contributed by atoms with van der Waals surface area (Å²) in [6.45, 7) is 1.16. The van der Waals surface area contributed by atoms with Gasteiger partial charge in [0.15, 0.2) is 0 Å². The normalized spacial score (nSPS) is 22.0. The Labute approximate surface area is 129 Å². The molecule has 112 valence electrons. The lowest BCUT2D eigenvalue weighted by Gasteiger charge is -2.34. The van der Waals surface area contributed by atoms with Crippen molar-refractivity contribution in [1.82, 2.24) is 10.2 Å². The number of hydrogen-bond donors (Lipinski definition) is 2. The molecule has 1 saturated carbocycles. The van der Waals surface area contributed by atoms with Crippen LogP contribution in [-0.2, 0) is 9.53 Å². The number of amides is 2. The molecule has 0 spiro atoms. The fourth-order valence-corrected chi connectivity index (χ4v) is 2.51. The van der Waals surface area contributed by atoms with Crippen LogP contribution in [0, 0.1) is 0 Å². The molecule has 5 nitrogen and oxygen atoms in total. The van der Waals surface area contributed by atoms with Gasteiger partial charge in [0.1, 0.15) is 6.04 Å². The van der Waals surface area contributed by atoms with Crippen LogP contribution in [0.1, 0.15) is 23.2 Å². The predicted molar refractivity (Wildman–Crippen MR) is 80.5 cm³/mol. The van der Waals surface area contributed by atoms with Gasteiger partial charge in [0.05, 0.1) is 13.2 Å². The molecule has 1 aliphatic heterocycles. The van der Waals surface area contributed by atoms with Gasteiger partial charge in [-0.05, 0) is 37.1 Å². The maximum absolute atomic E-state index is 12.6. The number of carbonyl (C=O) groups excluding carboxylic acids is 2. The summed E-state index contributed by atoms with van der Waals surface area (Å²) in [5.41, 5.74) is 0.568. The zero-order chi connectivity index (χ0) is 14.8. The van der Waals surface area contributed by atoms with Gasteiger partial charge in [0, 0.05) is 23.0 Å². The zero-order valence-electron chi connectivity index (χ0n) is 11.6. The fraction of sp³-hybridized carbons (Fsp3) is 0.467. The van der Waals surface area contributed by atoms with E-state index in [0.717, 1.165) is 17.7 Å². The Morgan fingerprint density at radius 2 is 1.95 bits per heavy atom. The average Bonchev–Trinajstić information content (AvgIpc) is 3.31. The smallest absolute Gasteiger partial charge is 0.254 e. The highest BCUT2D eigenvalue weighted by molar-refractivity contribution is 7.80. The van der Waals surface area contributed by atoms with Gasteiger partial charge in [-0.1, -0.05) is 0 Å². The van der Waals surface area contributed by atoms with Gasteiger partial charge in [0.25, 0.3) is 5.91 Å². The molecule has 1 atom stereocenters. The molecule has 0 radical (unpaired) electrons. The van der Waals surface area contributed by atoms with Crippen LogP contribution in [-0.4, -0.2) is 48.6 Å². The quantitative estimate of drug-likeness (QED) is 0.822. The number of nitrogens with one attached hydrogen (secondary N) is 1. The number of hydrogen-bond acceptors (Lipinski definition) is 4. The minimum Gasteiger partial charge on any atom is -0.377 e. The third-order valence-electron chi connectivity index (χ3n) is 3.73. The van der Waals surface area contributed by atoms with E-state index in [4.69, 9.17) is 4.74 Å². The standard InChI is InChI=1S/C15H18N2O3S/c18-14(16-11-3-4-11)13-9-20-8-7-17(13)15(19)10-1-5-12(21)6-2-10/h1-2,5-6,11,13,21H,3-4,7-9H2,(H,16,18). The van der Waals surface area contributed by atoms with Crippen LogP contribution in [0.4, 0.5) is 0 Å². The highest BCUT2D eigenvalue weighted by Gasteiger charge is 2.35. The first-order valence-corrected chi connectivity index (χ1v) is 7.58.